The lowest BCUT2D eigenvalue weighted by Gasteiger charge is -2.15. The van der Waals surface area contributed by atoms with Crippen molar-refractivity contribution in [3.63, 3.8) is 0 Å². The van der Waals surface area contributed by atoms with Gasteiger partial charge in [-0.25, -0.2) is 4.39 Å². The Morgan fingerprint density at radius 2 is 1.97 bits per heavy atom. The molecule has 2 aliphatic rings. The van der Waals surface area contributed by atoms with Crippen LogP contribution in [-0.4, -0.2) is 10.1 Å². The number of aryl methyl sites for hydroxylation is 1. The Balaban J connectivity index is 1.47. The Bertz CT molecular complexity index is 1300. The summed E-state index contributed by atoms with van der Waals surface area (Å²) in [5.74, 6) is 1.25. The smallest absolute Gasteiger partial charge is 0.181 e. The minimum Gasteiger partial charge on any atom is -0.481 e. The molecule has 6 heteroatoms. The maximum absolute atomic E-state index is 14.3. The fraction of sp³-hybridized carbons (Fsp3) is 0.250. The molecule has 0 radical (unpaired) electrons. The summed E-state index contributed by atoms with van der Waals surface area (Å²) in [7, 11) is 0. The predicted molar refractivity (Wildman–Crippen MR) is 112 cm³/mol. The van der Waals surface area contributed by atoms with Gasteiger partial charge in [0, 0.05) is 39.7 Å². The van der Waals surface area contributed by atoms with Crippen LogP contribution in [0.3, 0.4) is 0 Å². The SMILES string of the molecule is Fc1cccc2c(-c3cc(Cl)cc4c3O[C@@H](c3onc5c3CCCC5)C4)ccnc12. The van der Waals surface area contributed by atoms with E-state index in [-0.39, 0.29) is 11.9 Å². The van der Waals surface area contributed by atoms with Gasteiger partial charge in [0.15, 0.2) is 11.9 Å². The lowest BCUT2D eigenvalue weighted by atomic mass is 9.93. The van der Waals surface area contributed by atoms with Crippen molar-refractivity contribution in [2.24, 2.45) is 0 Å². The third kappa shape index (κ3) is 2.72. The van der Waals surface area contributed by atoms with E-state index in [4.69, 9.17) is 20.9 Å². The second-order valence-corrected chi connectivity index (χ2v) is 8.36. The maximum atomic E-state index is 14.3. The van der Waals surface area contributed by atoms with E-state index >= 15 is 0 Å². The predicted octanol–water partition coefficient (Wildman–Crippen LogP) is 6.24. The zero-order valence-corrected chi connectivity index (χ0v) is 16.9. The summed E-state index contributed by atoms with van der Waals surface area (Å²) >= 11 is 6.47. The molecule has 1 atom stereocenters. The molecule has 0 spiro atoms. The molecule has 2 aromatic carbocycles. The largest absolute Gasteiger partial charge is 0.481 e. The number of hydrogen-bond acceptors (Lipinski definition) is 4. The second-order valence-electron chi connectivity index (χ2n) is 7.93. The summed E-state index contributed by atoms with van der Waals surface area (Å²) in [4.78, 5) is 4.21. The Morgan fingerprint density at radius 3 is 2.90 bits per heavy atom. The van der Waals surface area contributed by atoms with E-state index in [1.165, 1.54) is 11.6 Å². The number of benzene rings is 2. The molecule has 4 aromatic rings. The minimum atomic E-state index is -0.347. The average Bonchev–Trinajstić information content (AvgIpc) is 3.37. The molecule has 0 saturated carbocycles. The van der Waals surface area contributed by atoms with Crippen LogP contribution in [0.25, 0.3) is 22.0 Å². The van der Waals surface area contributed by atoms with Crippen LogP contribution in [0.1, 0.15) is 41.5 Å². The summed E-state index contributed by atoms with van der Waals surface area (Å²) in [5, 5.41) is 5.63. The quantitative estimate of drug-likeness (QED) is 0.385. The molecular formula is C24H18ClFN2O2. The first-order valence-electron chi connectivity index (χ1n) is 10.2. The number of hydrogen-bond donors (Lipinski definition) is 0. The van der Waals surface area contributed by atoms with Gasteiger partial charge < -0.3 is 9.26 Å². The Morgan fingerprint density at radius 1 is 1.07 bits per heavy atom. The lowest BCUT2D eigenvalue weighted by Crippen LogP contribution is -2.08. The number of pyridine rings is 1. The minimum absolute atomic E-state index is 0.226. The highest BCUT2D eigenvalue weighted by molar-refractivity contribution is 6.31. The maximum Gasteiger partial charge on any atom is 0.181 e. The fourth-order valence-corrected chi connectivity index (χ4v) is 4.95. The first-order chi connectivity index (χ1) is 14.7. The van der Waals surface area contributed by atoms with Crippen molar-refractivity contribution in [2.45, 2.75) is 38.2 Å². The zero-order chi connectivity index (χ0) is 20.2. The number of para-hydroxylation sites is 1. The summed E-state index contributed by atoms with van der Waals surface area (Å²) in [6, 6.07) is 10.7. The topological polar surface area (TPSA) is 48.2 Å². The molecule has 6 rings (SSSR count). The van der Waals surface area contributed by atoms with Gasteiger partial charge in [-0.2, -0.15) is 0 Å². The first-order valence-corrected chi connectivity index (χ1v) is 10.6. The molecule has 4 nitrogen and oxygen atoms in total. The summed E-state index contributed by atoms with van der Waals surface area (Å²) < 4.78 is 26.5. The van der Waals surface area contributed by atoms with Crippen molar-refractivity contribution in [3.8, 4) is 16.9 Å². The van der Waals surface area contributed by atoms with Gasteiger partial charge in [-0.15, -0.1) is 0 Å². The van der Waals surface area contributed by atoms with E-state index in [0.29, 0.717) is 17.0 Å². The van der Waals surface area contributed by atoms with Gasteiger partial charge in [0.2, 0.25) is 0 Å². The Hall–Kier alpha value is -2.92. The third-order valence-electron chi connectivity index (χ3n) is 6.09. The van der Waals surface area contributed by atoms with Gasteiger partial charge >= 0.3 is 0 Å². The standard InChI is InChI=1S/C24H18ClFN2O2/c25-14-10-13-11-21(24-17-4-1-2-7-20(17)28-30-24)29-23(13)18(12-14)15-8-9-27-22-16(15)5-3-6-19(22)26/h3,5-6,8-10,12,21H,1-2,4,7,11H2/t21-/m1/s1. The highest BCUT2D eigenvalue weighted by Crippen LogP contribution is 2.47. The van der Waals surface area contributed by atoms with Crippen molar-refractivity contribution >= 4 is 22.5 Å². The molecule has 1 aliphatic carbocycles. The van der Waals surface area contributed by atoms with E-state index in [0.717, 1.165) is 65.0 Å². The monoisotopic (exact) mass is 420 g/mol. The van der Waals surface area contributed by atoms with Crippen LogP contribution in [0.4, 0.5) is 4.39 Å². The molecule has 1 aliphatic heterocycles. The summed E-state index contributed by atoms with van der Waals surface area (Å²) in [6.07, 6.45) is 6.30. The van der Waals surface area contributed by atoms with Gasteiger partial charge in [-0.1, -0.05) is 28.9 Å². The average molecular weight is 421 g/mol. The van der Waals surface area contributed by atoms with Gasteiger partial charge in [-0.3, -0.25) is 4.98 Å². The summed E-state index contributed by atoms with van der Waals surface area (Å²) in [5.41, 5.74) is 5.30. The van der Waals surface area contributed by atoms with Crippen molar-refractivity contribution in [2.75, 3.05) is 0 Å². The first kappa shape index (κ1) is 17.9. The van der Waals surface area contributed by atoms with Crippen LogP contribution in [0.5, 0.6) is 5.75 Å². The number of nitrogens with zero attached hydrogens (tertiary/aromatic N) is 2. The molecule has 0 saturated heterocycles. The number of rotatable bonds is 2. The molecule has 0 fully saturated rings. The molecule has 2 aromatic heterocycles. The van der Waals surface area contributed by atoms with Gasteiger partial charge in [-0.05, 0) is 55.5 Å². The molecular weight excluding hydrogens is 403 g/mol. The van der Waals surface area contributed by atoms with E-state index in [1.807, 2.05) is 24.3 Å². The summed E-state index contributed by atoms with van der Waals surface area (Å²) in [6.45, 7) is 0. The van der Waals surface area contributed by atoms with Crippen LogP contribution in [-0.2, 0) is 19.3 Å². The van der Waals surface area contributed by atoms with E-state index in [2.05, 4.69) is 10.1 Å². The van der Waals surface area contributed by atoms with Crippen molar-refractivity contribution in [1.29, 1.82) is 0 Å². The van der Waals surface area contributed by atoms with Crippen LogP contribution < -0.4 is 4.74 Å². The van der Waals surface area contributed by atoms with Crippen LogP contribution in [0.15, 0.2) is 47.1 Å². The number of fused-ring (bicyclic) bond motifs is 3. The van der Waals surface area contributed by atoms with Crippen LogP contribution in [0, 0.1) is 5.82 Å². The lowest BCUT2D eigenvalue weighted by molar-refractivity contribution is 0.189. The van der Waals surface area contributed by atoms with Crippen LogP contribution >= 0.6 is 11.6 Å². The van der Waals surface area contributed by atoms with Crippen molar-refractivity contribution in [3.05, 3.63) is 76.0 Å². The molecule has 0 bridgehead atoms. The van der Waals surface area contributed by atoms with Crippen LogP contribution in [0.2, 0.25) is 5.02 Å². The molecule has 30 heavy (non-hydrogen) atoms. The van der Waals surface area contributed by atoms with Crippen molar-refractivity contribution < 1.29 is 13.7 Å². The highest BCUT2D eigenvalue weighted by Gasteiger charge is 2.34. The third-order valence-corrected chi connectivity index (χ3v) is 6.31. The van der Waals surface area contributed by atoms with Gasteiger partial charge in [0.1, 0.15) is 17.1 Å². The molecule has 150 valence electrons. The van der Waals surface area contributed by atoms with Gasteiger partial charge in [0.05, 0.1) is 5.69 Å². The molecule has 0 unspecified atom stereocenters. The molecule has 3 heterocycles. The fourth-order valence-electron chi connectivity index (χ4n) is 4.71. The number of aromatic nitrogens is 2. The van der Waals surface area contributed by atoms with E-state index in [9.17, 15) is 4.39 Å². The Kier molecular flexibility index (Phi) is 4.06. The second kappa shape index (κ2) is 6.81. The number of ether oxygens (including phenoxy) is 1. The highest BCUT2D eigenvalue weighted by atomic mass is 35.5. The van der Waals surface area contributed by atoms with Crippen molar-refractivity contribution in [1.82, 2.24) is 10.1 Å². The zero-order valence-electron chi connectivity index (χ0n) is 16.1. The van der Waals surface area contributed by atoms with Gasteiger partial charge in [0.25, 0.3) is 0 Å². The van der Waals surface area contributed by atoms with E-state index < -0.39 is 0 Å². The van der Waals surface area contributed by atoms with E-state index in [1.54, 1.807) is 12.3 Å². The molecule has 0 amide bonds. The Labute approximate surface area is 177 Å². The normalized spacial score (nSPS) is 17.6. The molecule has 0 N–H and O–H groups in total. The number of halogens is 2.